The number of thiophene rings is 2. The molecule has 1 amide bonds. The van der Waals surface area contributed by atoms with E-state index in [4.69, 9.17) is 4.74 Å². The molecule has 0 atom stereocenters. The summed E-state index contributed by atoms with van der Waals surface area (Å²) in [6, 6.07) is 0. The van der Waals surface area contributed by atoms with Crippen LogP contribution in [0.1, 0.15) is 64.3 Å². The fourth-order valence-electron chi connectivity index (χ4n) is 4.77. The number of hydrogen-bond donors (Lipinski definition) is 1. The van der Waals surface area contributed by atoms with E-state index >= 15 is 0 Å². The van der Waals surface area contributed by atoms with E-state index in [0.29, 0.717) is 17.2 Å². The number of carbonyl (C=O) groups is 2. The minimum atomic E-state index is -0.348. The second-order valence-corrected chi connectivity index (χ2v) is 11.4. The molecule has 2 aliphatic carbocycles. The molecule has 0 radical (unpaired) electrons. The normalized spacial score (nSPS) is 14.6. The maximum Gasteiger partial charge on any atom is 0.341 e. The summed E-state index contributed by atoms with van der Waals surface area (Å²) in [5, 5.41) is 15.4. The SMILES string of the molecule is CCOC(=O)c1c(NC(=O)CSc2nnc(-c3csc4c3CCCC4)n2CC)sc2c1CCC2. The van der Waals surface area contributed by atoms with Crippen LogP contribution in [0.2, 0.25) is 0 Å². The lowest BCUT2D eigenvalue weighted by atomic mass is 9.96. The monoisotopic (exact) mass is 516 g/mol. The summed E-state index contributed by atoms with van der Waals surface area (Å²) in [4.78, 5) is 28.0. The fraction of sp³-hybridized carbons (Fsp3) is 0.500. The minimum absolute atomic E-state index is 0.157. The number of fused-ring (bicyclic) bond motifs is 2. The Morgan fingerprint density at radius 3 is 2.71 bits per heavy atom. The van der Waals surface area contributed by atoms with Gasteiger partial charge < -0.3 is 14.6 Å². The van der Waals surface area contributed by atoms with Gasteiger partial charge in [-0.05, 0) is 69.9 Å². The van der Waals surface area contributed by atoms with Crippen molar-refractivity contribution in [3.8, 4) is 11.4 Å². The van der Waals surface area contributed by atoms with Crippen LogP contribution >= 0.6 is 34.4 Å². The van der Waals surface area contributed by atoms with Gasteiger partial charge in [-0.2, -0.15) is 0 Å². The Kier molecular flexibility index (Phi) is 7.08. The van der Waals surface area contributed by atoms with Crippen molar-refractivity contribution in [2.24, 2.45) is 0 Å². The predicted octanol–water partition coefficient (Wildman–Crippen LogP) is 5.36. The van der Waals surface area contributed by atoms with Crippen LogP contribution in [0, 0.1) is 0 Å². The number of esters is 1. The van der Waals surface area contributed by atoms with Crippen molar-refractivity contribution in [1.29, 1.82) is 0 Å². The molecule has 0 bridgehead atoms. The molecule has 0 unspecified atom stereocenters. The first kappa shape index (κ1) is 23.6. The van der Waals surface area contributed by atoms with Crippen molar-refractivity contribution >= 4 is 51.3 Å². The van der Waals surface area contributed by atoms with Crippen LogP contribution in [0.3, 0.4) is 0 Å². The van der Waals surface area contributed by atoms with Crippen LogP contribution in [0.4, 0.5) is 5.00 Å². The first-order valence-electron chi connectivity index (χ1n) is 11.9. The third-order valence-electron chi connectivity index (χ3n) is 6.32. The number of anilines is 1. The molecular formula is C24H28N4O3S3. The topological polar surface area (TPSA) is 86.1 Å². The summed E-state index contributed by atoms with van der Waals surface area (Å²) in [6.45, 7) is 4.93. The minimum Gasteiger partial charge on any atom is -0.462 e. The molecule has 34 heavy (non-hydrogen) atoms. The smallest absolute Gasteiger partial charge is 0.341 e. The Bertz CT molecular complexity index is 1230. The summed E-state index contributed by atoms with van der Waals surface area (Å²) >= 11 is 4.70. The summed E-state index contributed by atoms with van der Waals surface area (Å²) in [5.74, 6) is 0.587. The Hall–Kier alpha value is -2.17. The van der Waals surface area contributed by atoms with Gasteiger partial charge in [-0.25, -0.2) is 4.79 Å². The highest BCUT2D eigenvalue weighted by Gasteiger charge is 2.28. The third-order valence-corrected chi connectivity index (χ3v) is 9.58. The molecule has 0 aliphatic heterocycles. The molecule has 0 fully saturated rings. The van der Waals surface area contributed by atoms with E-state index in [1.54, 1.807) is 6.92 Å². The van der Waals surface area contributed by atoms with Gasteiger partial charge in [0.25, 0.3) is 0 Å². The van der Waals surface area contributed by atoms with Crippen molar-refractivity contribution in [3.05, 3.63) is 31.8 Å². The lowest BCUT2D eigenvalue weighted by Crippen LogP contribution is -2.17. The lowest BCUT2D eigenvalue weighted by Gasteiger charge is -2.13. The molecule has 0 saturated heterocycles. The highest BCUT2D eigenvalue weighted by Crippen LogP contribution is 2.40. The summed E-state index contributed by atoms with van der Waals surface area (Å²) in [7, 11) is 0. The number of aryl methyl sites for hydroxylation is 2. The lowest BCUT2D eigenvalue weighted by molar-refractivity contribution is -0.113. The van der Waals surface area contributed by atoms with Crippen LogP contribution in [0.5, 0.6) is 0 Å². The van der Waals surface area contributed by atoms with Crippen molar-refractivity contribution in [2.75, 3.05) is 17.7 Å². The zero-order chi connectivity index (χ0) is 23.7. The molecule has 7 nitrogen and oxygen atoms in total. The summed E-state index contributed by atoms with van der Waals surface area (Å²) < 4.78 is 7.36. The van der Waals surface area contributed by atoms with Gasteiger partial charge in [-0.15, -0.1) is 32.9 Å². The van der Waals surface area contributed by atoms with E-state index in [2.05, 4.69) is 32.4 Å². The molecule has 180 valence electrons. The molecule has 3 heterocycles. The van der Waals surface area contributed by atoms with E-state index in [0.717, 1.165) is 55.2 Å². The largest absolute Gasteiger partial charge is 0.462 e. The van der Waals surface area contributed by atoms with Gasteiger partial charge in [0.05, 0.1) is 17.9 Å². The molecule has 3 aromatic heterocycles. The third kappa shape index (κ3) is 4.43. The van der Waals surface area contributed by atoms with Crippen molar-refractivity contribution in [1.82, 2.24) is 14.8 Å². The second kappa shape index (κ2) is 10.2. The van der Waals surface area contributed by atoms with Gasteiger partial charge in [-0.1, -0.05) is 11.8 Å². The maximum atomic E-state index is 12.8. The van der Waals surface area contributed by atoms with E-state index in [1.165, 1.54) is 56.8 Å². The van der Waals surface area contributed by atoms with Gasteiger partial charge in [0, 0.05) is 27.2 Å². The number of nitrogens with zero attached hydrogens (tertiary/aromatic N) is 3. The molecule has 3 aromatic rings. The maximum absolute atomic E-state index is 12.8. The van der Waals surface area contributed by atoms with Gasteiger partial charge in [-0.3, -0.25) is 4.79 Å². The van der Waals surface area contributed by atoms with Gasteiger partial charge in [0.2, 0.25) is 5.91 Å². The quantitative estimate of drug-likeness (QED) is 0.320. The Labute approximate surface area is 211 Å². The number of nitrogens with one attached hydrogen (secondary N) is 1. The fourth-order valence-corrected chi connectivity index (χ4v) is 7.99. The predicted molar refractivity (Wildman–Crippen MR) is 137 cm³/mol. The van der Waals surface area contributed by atoms with E-state index in [9.17, 15) is 9.59 Å². The number of hydrogen-bond acceptors (Lipinski definition) is 8. The highest BCUT2D eigenvalue weighted by molar-refractivity contribution is 7.99. The van der Waals surface area contributed by atoms with Crippen LogP contribution in [-0.2, 0) is 41.8 Å². The zero-order valence-electron chi connectivity index (χ0n) is 19.4. The molecule has 0 saturated carbocycles. The molecule has 10 heteroatoms. The number of amides is 1. The molecule has 5 rings (SSSR count). The summed E-state index contributed by atoms with van der Waals surface area (Å²) in [6.07, 6.45) is 7.59. The van der Waals surface area contributed by atoms with Crippen LogP contribution in [-0.4, -0.2) is 39.0 Å². The number of carbonyl (C=O) groups excluding carboxylic acids is 2. The number of rotatable bonds is 8. The Morgan fingerprint density at radius 1 is 1.09 bits per heavy atom. The molecule has 1 N–H and O–H groups in total. The average Bonchev–Trinajstić information content (AvgIpc) is 3.59. The van der Waals surface area contributed by atoms with Crippen LogP contribution in [0.25, 0.3) is 11.4 Å². The van der Waals surface area contributed by atoms with E-state index < -0.39 is 0 Å². The van der Waals surface area contributed by atoms with Crippen LogP contribution in [0.15, 0.2) is 10.5 Å². The van der Waals surface area contributed by atoms with Crippen molar-refractivity contribution in [2.45, 2.75) is 70.5 Å². The van der Waals surface area contributed by atoms with Gasteiger partial charge in [0.1, 0.15) is 5.00 Å². The first-order chi connectivity index (χ1) is 16.6. The number of aromatic nitrogens is 3. The van der Waals surface area contributed by atoms with Gasteiger partial charge >= 0.3 is 5.97 Å². The van der Waals surface area contributed by atoms with E-state index in [-0.39, 0.29) is 17.6 Å². The standard InChI is InChI=1S/C24H28N4O3S3/c1-3-28-21(16-12-32-17-10-6-5-8-14(16)17)26-27-24(28)33-13-19(29)25-22-20(23(30)31-4-2)15-9-7-11-18(15)34-22/h12H,3-11,13H2,1-2H3,(H,25,29). The van der Waals surface area contributed by atoms with Gasteiger partial charge in [0.15, 0.2) is 11.0 Å². The molecular weight excluding hydrogens is 488 g/mol. The number of ether oxygens (including phenoxy) is 1. The highest BCUT2D eigenvalue weighted by atomic mass is 32.2. The zero-order valence-corrected chi connectivity index (χ0v) is 21.9. The van der Waals surface area contributed by atoms with Crippen LogP contribution < -0.4 is 5.32 Å². The molecule has 0 aromatic carbocycles. The van der Waals surface area contributed by atoms with Crippen molar-refractivity contribution in [3.63, 3.8) is 0 Å². The number of thioether (sulfide) groups is 1. The first-order valence-corrected chi connectivity index (χ1v) is 14.6. The average molecular weight is 517 g/mol. The summed E-state index contributed by atoms with van der Waals surface area (Å²) in [5.41, 5.74) is 4.20. The van der Waals surface area contributed by atoms with Crippen molar-refractivity contribution < 1.29 is 14.3 Å². The Morgan fingerprint density at radius 2 is 1.88 bits per heavy atom. The van der Waals surface area contributed by atoms with E-state index in [1.807, 2.05) is 11.3 Å². The molecule has 0 spiro atoms. The molecule has 2 aliphatic rings. The second-order valence-electron chi connectivity index (χ2n) is 8.43. The Balaban J connectivity index is 1.30.